The van der Waals surface area contributed by atoms with Crippen molar-refractivity contribution in [3.05, 3.63) is 28.8 Å². The van der Waals surface area contributed by atoms with Gasteiger partial charge in [0, 0.05) is 5.69 Å². The summed E-state index contributed by atoms with van der Waals surface area (Å²) in [7, 11) is 1.42. The van der Waals surface area contributed by atoms with Crippen LogP contribution in [-0.4, -0.2) is 41.5 Å². The molecule has 0 radical (unpaired) electrons. The highest BCUT2D eigenvalue weighted by molar-refractivity contribution is 6.31. The van der Waals surface area contributed by atoms with E-state index < -0.39 is 34.7 Å². The van der Waals surface area contributed by atoms with Gasteiger partial charge in [-0.05, 0) is 32.2 Å². The van der Waals surface area contributed by atoms with Gasteiger partial charge in [0.2, 0.25) is 5.91 Å². The van der Waals surface area contributed by atoms with E-state index in [-0.39, 0.29) is 24.6 Å². The summed E-state index contributed by atoms with van der Waals surface area (Å²) in [6.45, 7) is 1.11. The van der Waals surface area contributed by atoms with Gasteiger partial charge in [-0.2, -0.15) is 13.2 Å². The number of hydrogen-bond acceptors (Lipinski definition) is 3. The molecule has 0 heterocycles. The third-order valence-corrected chi connectivity index (χ3v) is 3.30. The molecule has 0 saturated heterocycles. The highest BCUT2D eigenvalue weighted by atomic mass is 35.5. The number of hydrogen-bond donors (Lipinski definition) is 2. The van der Waals surface area contributed by atoms with Gasteiger partial charge in [-0.3, -0.25) is 14.5 Å². The maximum atomic E-state index is 12.7. The summed E-state index contributed by atoms with van der Waals surface area (Å²) in [5, 5.41) is 10.6. The maximum Gasteiger partial charge on any atom is 0.417 e. The van der Waals surface area contributed by atoms with Crippen LogP contribution in [0.5, 0.6) is 0 Å². The molecule has 0 aliphatic heterocycles. The van der Waals surface area contributed by atoms with Crippen molar-refractivity contribution < 1.29 is 27.9 Å². The molecule has 2 N–H and O–H groups in total. The van der Waals surface area contributed by atoms with E-state index in [0.29, 0.717) is 0 Å². The van der Waals surface area contributed by atoms with Crippen LogP contribution in [0.2, 0.25) is 5.02 Å². The minimum atomic E-state index is -4.63. The second-order valence-corrected chi connectivity index (χ2v) is 5.08. The number of likely N-dealkylation sites (N-methyl/N-ethyl adjacent to an activating group) is 1. The molecule has 0 fully saturated rings. The number of rotatable bonds is 5. The number of nitrogens with zero attached hydrogens (tertiary/aromatic N) is 1. The van der Waals surface area contributed by atoms with Crippen LogP contribution in [0.15, 0.2) is 18.2 Å². The van der Waals surface area contributed by atoms with Crippen LogP contribution in [0.1, 0.15) is 12.5 Å². The quantitative estimate of drug-likeness (QED) is 0.830. The van der Waals surface area contributed by atoms with Crippen molar-refractivity contribution in [2.45, 2.75) is 19.1 Å². The normalized spacial score (nSPS) is 12.5. The summed E-state index contributed by atoms with van der Waals surface area (Å²) >= 11 is 5.47. The van der Waals surface area contributed by atoms with Crippen molar-refractivity contribution in [1.29, 1.82) is 0 Å². The lowest BCUT2D eigenvalue weighted by atomic mass is 10.2. The number of amides is 1. The Labute approximate surface area is 141 Å². The zero-order chi connectivity index (χ0) is 17.1. The molecule has 5 nitrogen and oxygen atoms in total. The number of benzene rings is 1. The molecule has 0 spiro atoms. The van der Waals surface area contributed by atoms with E-state index in [0.717, 1.165) is 12.1 Å². The van der Waals surface area contributed by atoms with E-state index in [4.69, 9.17) is 16.7 Å². The first-order valence-corrected chi connectivity index (χ1v) is 6.50. The fourth-order valence-electron chi connectivity index (χ4n) is 1.57. The zero-order valence-corrected chi connectivity index (χ0v) is 13.7. The zero-order valence-electron chi connectivity index (χ0n) is 12.1. The van der Waals surface area contributed by atoms with Gasteiger partial charge in [-0.15, -0.1) is 12.4 Å². The topological polar surface area (TPSA) is 69.6 Å². The summed E-state index contributed by atoms with van der Waals surface area (Å²) in [6.07, 6.45) is -4.63. The molecule has 10 heteroatoms. The first kappa shape index (κ1) is 21.5. The molecule has 130 valence electrons. The largest absolute Gasteiger partial charge is 0.480 e. The number of alkyl halides is 3. The van der Waals surface area contributed by atoms with Gasteiger partial charge in [0.25, 0.3) is 0 Å². The number of carbonyl (C=O) groups is 2. The Morgan fingerprint density at radius 3 is 2.43 bits per heavy atom. The molecule has 0 saturated carbocycles. The maximum absolute atomic E-state index is 12.7. The summed E-state index contributed by atoms with van der Waals surface area (Å²) < 4.78 is 38.1. The Balaban J connectivity index is 0.00000484. The number of anilines is 1. The predicted molar refractivity (Wildman–Crippen MR) is 82.1 cm³/mol. The average Bonchev–Trinajstić information content (AvgIpc) is 2.38. The van der Waals surface area contributed by atoms with Gasteiger partial charge in [0.05, 0.1) is 17.1 Å². The van der Waals surface area contributed by atoms with Crippen molar-refractivity contribution in [1.82, 2.24) is 4.90 Å². The number of carboxylic acid groups (broad SMARTS) is 1. The van der Waals surface area contributed by atoms with Gasteiger partial charge in [-0.25, -0.2) is 0 Å². The Hall–Kier alpha value is -1.51. The predicted octanol–water partition coefficient (Wildman–Crippen LogP) is 3.12. The van der Waals surface area contributed by atoms with Crippen LogP contribution >= 0.6 is 24.0 Å². The lowest BCUT2D eigenvalue weighted by Gasteiger charge is -2.20. The summed E-state index contributed by atoms with van der Waals surface area (Å²) in [5.41, 5.74) is -1.13. The third kappa shape index (κ3) is 6.25. The fraction of sp³-hybridized carbons (Fsp3) is 0.385. The van der Waals surface area contributed by atoms with Crippen LogP contribution in [0.25, 0.3) is 0 Å². The molecular formula is C13H15Cl2F3N2O3. The molecule has 0 aliphatic rings. The molecule has 1 aromatic carbocycles. The minimum absolute atomic E-state index is 0. The van der Waals surface area contributed by atoms with Gasteiger partial charge in [-0.1, -0.05) is 11.6 Å². The van der Waals surface area contributed by atoms with Crippen molar-refractivity contribution in [2.75, 3.05) is 18.9 Å². The first-order valence-electron chi connectivity index (χ1n) is 6.12. The molecule has 23 heavy (non-hydrogen) atoms. The molecule has 1 amide bonds. The average molecular weight is 375 g/mol. The van der Waals surface area contributed by atoms with Crippen LogP contribution in [0, 0.1) is 0 Å². The molecule has 1 atom stereocenters. The number of halogens is 5. The second-order valence-electron chi connectivity index (χ2n) is 4.67. The summed E-state index contributed by atoms with van der Waals surface area (Å²) in [5.74, 6) is -1.74. The lowest BCUT2D eigenvalue weighted by Crippen LogP contribution is -2.40. The second kappa shape index (κ2) is 8.37. The van der Waals surface area contributed by atoms with Crippen molar-refractivity contribution in [3.63, 3.8) is 0 Å². The highest BCUT2D eigenvalue weighted by Crippen LogP contribution is 2.36. The van der Waals surface area contributed by atoms with Gasteiger partial charge in [0.15, 0.2) is 0 Å². The van der Waals surface area contributed by atoms with Gasteiger partial charge in [0.1, 0.15) is 6.04 Å². The van der Waals surface area contributed by atoms with E-state index in [1.165, 1.54) is 24.9 Å². The smallest absolute Gasteiger partial charge is 0.417 e. The number of carbonyl (C=O) groups excluding carboxylic acids is 1. The van der Waals surface area contributed by atoms with Crippen molar-refractivity contribution >= 4 is 41.6 Å². The number of carboxylic acids is 1. The molecule has 1 aromatic rings. The van der Waals surface area contributed by atoms with Crippen LogP contribution in [-0.2, 0) is 15.8 Å². The Bertz CT molecular complexity index is 582. The van der Waals surface area contributed by atoms with Crippen molar-refractivity contribution in [2.24, 2.45) is 0 Å². The van der Waals surface area contributed by atoms with E-state index in [1.807, 2.05) is 0 Å². The molecular weight excluding hydrogens is 360 g/mol. The fourth-order valence-corrected chi connectivity index (χ4v) is 1.80. The van der Waals surface area contributed by atoms with E-state index >= 15 is 0 Å². The molecule has 1 rings (SSSR count). The van der Waals surface area contributed by atoms with E-state index in [1.54, 1.807) is 0 Å². The minimum Gasteiger partial charge on any atom is -0.480 e. The molecule has 0 aliphatic carbocycles. The van der Waals surface area contributed by atoms with Gasteiger partial charge < -0.3 is 10.4 Å². The van der Waals surface area contributed by atoms with E-state index in [2.05, 4.69) is 5.32 Å². The van der Waals surface area contributed by atoms with Gasteiger partial charge >= 0.3 is 12.1 Å². The van der Waals surface area contributed by atoms with Crippen LogP contribution in [0.4, 0.5) is 18.9 Å². The Kier molecular flexibility index (Phi) is 7.82. The van der Waals surface area contributed by atoms with Crippen molar-refractivity contribution in [3.8, 4) is 0 Å². The highest BCUT2D eigenvalue weighted by Gasteiger charge is 2.33. The van der Waals surface area contributed by atoms with Crippen LogP contribution in [0.3, 0.4) is 0 Å². The standard InChI is InChI=1S/C13H14ClF3N2O3.ClH/c1-7(12(21)22)19(2)6-11(20)18-8-3-4-10(14)9(5-8)13(15,16)17;/h3-5,7H,6H2,1-2H3,(H,18,20)(H,21,22);1H. The molecule has 0 bridgehead atoms. The molecule has 0 aromatic heterocycles. The Morgan fingerprint density at radius 2 is 1.96 bits per heavy atom. The number of aliphatic carboxylic acids is 1. The Morgan fingerprint density at radius 1 is 1.39 bits per heavy atom. The van der Waals surface area contributed by atoms with Crippen LogP contribution < -0.4 is 5.32 Å². The first-order chi connectivity index (χ1) is 10.0. The SMILES string of the molecule is CC(C(=O)O)N(C)CC(=O)Nc1ccc(Cl)c(C(F)(F)F)c1.Cl. The third-order valence-electron chi connectivity index (χ3n) is 2.97. The summed E-state index contributed by atoms with van der Waals surface area (Å²) in [6, 6.07) is 2.09. The monoisotopic (exact) mass is 374 g/mol. The van der Waals surface area contributed by atoms with E-state index in [9.17, 15) is 22.8 Å². The number of nitrogens with one attached hydrogen (secondary N) is 1. The molecule has 1 unspecified atom stereocenters. The lowest BCUT2D eigenvalue weighted by molar-refractivity contribution is -0.142. The summed E-state index contributed by atoms with van der Waals surface area (Å²) in [4.78, 5) is 23.7.